The molecule has 2 aromatic rings. The molecule has 2 fully saturated rings. The summed E-state index contributed by atoms with van der Waals surface area (Å²) in [5.41, 5.74) is 1.52. The Hall–Kier alpha value is -1.34. The van der Waals surface area contributed by atoms with Crippen LogP contribution in [0.5, 0.6) is 0 Å². The third-order valence-corrected chi connectivity index (χ3v) is 5.69. The summed E-state index contributed by atoms with van der Waals surface area (Å²) in [6.45, 7) is 3.30. The van der Waals surface area contributed by atoms with Crippen LogP contribution in [0.25, 0.3) is 10.8 Å². The predicted molar refractivity (Wildman–Crippen MR) is 89.3 cm³/mol. The minimum atomic E-state index is 0.550. The SMILES string of the molecule is CCNC(c1cccc2ccccc12)C1C2CCCCC21. The zero-order valence-electron chi connectivity index (χ0n) is 12.9. The maximum atomic E-state index is 3.81. The van der Waals surface area contributed by atoms with Crippen molar-refractivity contribution in [3.05, 3.63) is 48.0 Å². The molecule has 0 amide bonds. The third kappa shape index (κ3) is 2.28. The average molecular weight is 279 g/mol. The highest BCUT2D eigenvalue weighted by Crippen LogP contribution is 2.60. The minimum absolute atomic E-state index is 0.550. The fourth-order valence-corrected chi connectivity index (χ4v) is 4.74. The number of nitrogens with one attached hydrogen (secondary N) is 1. The van der Waals surface area contributed by atoms with Crippen molar-refractivity contribution < 1.29 is 0 Å². The molecule has 3 unspecified atom stereocenters. The van der Waals surface area contributed by atoms with Gasteiger partial charge in [0.15, 0.2) is 0 Å². The van der Waals surface area contributed by atoms with Gasteiger partial charge in [-0.1, -0.05) is 62.2 Å². The van der Waals surface area contributed by atoms with E-state index in [9.17, 15) is 0 Å². The number of hydrogen-bond acceptors (Lipinski definition) is 1. The molecule has 1 N–H and O–H groups in total. The van der Waals surface area contributed by atoms with Gasteiger partial charge in [0, 0.05) is 6.04 Å². The zero-order chi connectivity index (χ0) is 14.2. The quantitative estimate of drug-likeness (QED) is 0.837. The zero-order valence-corrected chi connectivity index (χ0v) is 12.9. The van der Waals surface area contributed by atoms with E-state index in [1.165, 1.54) is 42.0 Å². The summed E-state index contributed by atoms with van der Waals surface area (Å²) in [6.07, 6.45) is 5.82. The fraction of sp³-hybridized carbons (Fsp3) is 0.500. The van der Waals surface area contributed by atoms with Crippen LogP contribution < -0.4 is 5.32 Å². The Labute approximate surface area is 127 Å². The van der Waals surface area contributed by atoms with Crippen molar-refractivity contribution in [2.24, 2.45) is 17.8 Å². The first kappa shape index (κ1) is 13.3. The maximum Gasteiger partial charge on any atom is 0.0360 e. The Morgan fingerprint density at radius 3 is 2.48 bits per heavy atom. The predicted octanol–water partition coefficient (Wildman–Crippen LogP) is 4.93. The van der Waals surface area contributed by atoms with Gasteiger partial charge in [-0.15, -0.1) is 0 Å². The highest BCUT2D eigenvalue weighted by atomic mass is 14.9. The van der Waals surface area contributed by atoms with Gasteiger partial charge in [0.2, 0.25) is 0 Å². The van der Waals surface area contributed by atoms with Crippen LogP contribution in [-0.4, -0.2) is 6.54 Å². The summed E-state index contributed by atoms with van der Waals surface area (Å²) >= 11 is 0. The van der Waals surface area contributed by atoms with E-state index in [4.69, 9.17) is 0 Å². The van der Waals surface area contributed by atoms with Gasteiger partial charge >= 0.3 is 0 Å². The molecule has 0 spiro atoms. The second-order valence-electron chi connectivity index (χ2n) is 6.79. The van der Waals surface area contributed by atoms with Gasteiger partial charge in [0.05, 0.1) is 0 Å². The van der Waals surface area contributed by atoms with E-state index < -0.39 is 0 Å². The largest absolute Gasteiger partial charge is 0.310 e. The van der Waals surface area contributed by atoms with Gasteiger partial charge in [-0.05, 0) is 53.5 Å². The van der Waals surface area contributed by atoms with Crippen LogP contribution in [0.4, 0.5) is 0 Å². The van der Waals surface area contributed by atoms with E-state index in [1.54, 1.807) is 0 Å². The molecule has 0 saturated heterocycles. The number of fused-ring (bicyclic) bond motifs is 2. The topological polar surface area (TPSA) is 12.0 Å². The summed E-state index contributed by atoms with van der Waals surface area (Å²) in [7, 11) is 0. The third-order valence-electron chi connectivity index (χ3n) is 5.69. The van der Waals surface area contributed by atoms with Gasteiger partial charge < -0.3 is 5.32 Å². The molecule has 3 atom stereocenters. The summed E-state index contributed by atoms with van der Waals surface area (Å²) in [6, 6.07) is 16.2. The van der Waals surface area contributed by atoms with Crippen LogP contribution in [0.2, 0.25) is 0 Å². The molecular formula is C20H25N. The lowest BCUT2D eigenvalue weighted by molar-refractivity contribution is 0.459. The Balaban J connectivity index is 1.73. The summed E-state index contributed by atoms with van der Waals surface area (Å²) < 4.78 is 0. The highest BCUT2D eigenvalue weighted by molar-refractivity contribution is 5.86. The summed E-state index contributed by atoms with van der Waals surface area (Å²) in [5, 5.41) is 6.63. The Morgan fingerprint density at radius 1 is 1.00 bits per heavy atom. The van der Waals surface area contributed by atoms with Crippen LogP contribution in [0.15, 0.2) is 42.5 Å². The Bertz CT molecular complexity index is 615. The van der Waals surface area contributed by atoms with E-state index in [2.05, 4.69) is 54.7 Å². The van der Waals surface area contributed by atoms with Crippen molar-refractivity contribution in [3.8, 4) is 0 Å². The molecular weight excluding hydrogens is 254 g/mol. The van der Waals surface area contributed by atoms with E-state index in [0.29, 0.717) is 6.04 Å². The Kier molecular flexibility index (Phi) is 3.46. The standard InChI is InChI=1S/C20H25N/c1-2-21-20(19-16-11-5-6-12-17(16)19)18-13-7-9-14-8-3-4-10-15(14)18/h3-4,7-10,13,16-17,19-21H,2,5-6,11-12H2,1H3. The molecule has 110 valence electrons. The molecule has 0 radical (unpaired) electrons. The van der Waals surface area contributed by atoms with Crippen molar-refractivity contribution in [2.75, 3.05) is 6.54 Å². The van der Waals surface area contributed by atoms with Gasteiger partial charge in [-0.2, -0.15) is 0 Å². The van der Waals surface area contributed by atoms with Crippen LogP contribution >= 0.6 is 0 Å². The smallest absolute Gasteiger partial charge is 0.0360 e. The first-order valence-corrected chi connectivity index (χ1v) is 8.61. The van der Waals surface area contributed by atoms with Crippen LogP contribution in [-0.2, 0) is 0 Å². The van der Waals surface area contributed by atoms with E-state index in [0.717, 1.165) is 24.3 Å². The minimum Gasteiger partial charge on any atom is -0.310 e. The van der Waals surface area contributed by atoms with Crippen molar-refractivity contribution >= 4 is 10.8 Å². The van der Waals surface area contributed by atoms with E-state index in [-0.39, 0.29) is 0 Å². The highest BCUT2D eigenvalue weighted by Gasteiger charge is 2.54. The number of rotatable bonds is 4. The van der Waals surface area contributed by atoms with Gasteiger partial charge in [-0.25, -0.2) is 0 Å². The lowest BCUT2D eigenvalue weighted by atomic mass is 9.94. The number of benzene rings is 2. The lowest BCUT2D eigenvalue weighted by Crippen LogP contribution is -2.24. The second kappa shape index (κ2) is 5.46. The van der Waals surface area contributed by atoms with Crippen LogP contribution in [0.1, 0.15) is 44.2 Å². The molecule has 2 aliphatic rings. The van der Waals surface area contributed by atoms with Crippen LogP contribution in [0, 0.1) is 17.8 Å². The normalized spacial score (nSPS) is 29.1. The molecule has 4 rings (SSSR count). The summed E-state index contributed by atoms with van der Waals surface area (Å²) in [4.78, 5) is 0. The first-order chi connectivity index (χ1) is 10.4. The molecule has 0 aromatic heterocycles. The molecule has 1 nitrogen and oxygen atoms in total. The van der Waals surface area contributed by atoms with E-state index in [1.807, 2.05) is 0 Å². The summed E-state index contributed by atoms with van der Waals surface area (Å²) in [5.74, 6) is 2.85. The second-order valence-corrected chi connectivity index (χ2v) is 6.79. The molecule has 2 saturated carbocycles. The molecule has 2 aromatic carbocycles. The molecule has 21 heavy (non-hydrogen) atoms. The van der Waals surface area contributed by atoms with Crippen LogP contribution in [0.3, 0.4) is 0 Å². The molecule has 0 heterocycles. The molecule has 0 bridgehead atoms. The maximum absolute atomic E-state index is 3.81. The Morgan fingerprint density at radius 2 is 1.71 bits per heavy atom. The van der Waals surface area contributed by atoms with Crippen molar-refractivity contribution in [3.63, 3.8) is 0 Å². The van der Waals surface area contributed by atoms with E-state index >= 15 is 0 Å². The van der Waals surface area contributed by atoms with Crippen molar-refractivity contribution in [1.82, 2.24) is 5.32 Å². The average Bonchev–Trinajstić information content (AvgIpc) is 3.26. The molecule has 1 heteroatoms. The van der Waals surface area contributed by atoms with Crippen molar-refractivity contribution in [2.45, 2.75) is 38.6 Å². The number of hydrogen-bond donors (Lipinski definition) is 1. The lowest BCUT2D eigenvalue weighted by Gasteiger charge is -2.21. The van der Waals surface area contributed by atoms with Gasteiger partial charge in [0.25, 0.3) is 0 Å². The van der Waals surface area contributed by atoms with Gasteiger partial charge in [0.1, 0.15) is 0 Å². The van der Waals surface area contributed by atoms with Crippen molar-refractivity contribution in [1.29, 1.82) is 0 Å². The molecule has 2 aliphatic carbocycles. The first-order valence-electron chi connectivity index (χ1n) is 8.61. The van der Waals surface area contributed by atoms with Gasteiger partial charge in [-0.3, -0.25) is 0 Å². The molecule has 0 aliphatic heterocycles. The fourth-order valence-electron chi connectivity index (χ4n) is 4.74. The monoisotopic (exact) mass is 279 g/mol.